The lowest BCUT2D eigenvalue weighted by atomic mass is 10.1. The largest absolute Gasteiger partial charge is 0.393 e. The van der Waals surface area contributed by atoms with Crippen molar-refractivity contribution in [2.24, 2.45) is 0 Å². The standard InChI is InChI=1S/C15H23NO2/c1-3-12-5-7-13(8-6-12)11-15(18)16-10-9-14(17)4-2/h5-8,14,17H,3-4,9-11H2,1-2H3,(H,16,18). The SMILES string of the molecule is CCc1ccc(CC(=O)NCCC(O)CC)cc1. The highest BCUT2D eigenvalue weighted by atomic mass is 16.3. The van der Waals surface area contributed by atoms with Crippen LogP contribution in [0.5, 0.6) is 0 Å². The molecule has 0 saturated carbocycles. The molecular formula is C15H23NO2. The van der Waals surface area contributed by atoms with E-state index in [1.54, 1.807) is 0 Å². The fraction of sp³-hybridized carbons (Fsp3) is 0.533. The monoisotopic (exact) mass is 249 g/mol. The van der Waals surface area contributed by atoms with Crippen LogP contribution in [-0.4, -0.2) is 23.7 Å². The molecular weight excluding hydrogens is 226 g/mol. The van der Waals surface area contributed by atoms with Crippen LogP contribution in [0.1, 0.15) is 37.8 Å². The van der Waals surface area contributed by atoms with E-state index >= 15 is 0 Å². The van der Waals surface area contributed by atoms with Crippen LogP contribution in [0.3, 0.4) is 0 Å². The number of carbonyl (C=O) groups excluding carboxylic acids is 1. The molecule has 0 heterocycles. The number of amides is 1. The zero-order valence-corrected chi connectivity index (χ0v) is 11.3. The van der Waals surface area contributed by atoms with Crippen LogP contribution in [0.4, 0.5) is 0 Å². The Kier molecular flexibility index (Phi) is 6.44. The third-order valence-corrected chi connectivity index (χ3v) is 3.07. The molecule has 18 heavy (non-hydrogen) atoms. The van der Waals surface area contributed by atoms with E-state index in [4.69, 9.17) is 0 Å². The highest BCUT2D eigenvalue weighted by Gasteiger charge is 2.05. The molecule has 1 aromatic carbocycles. The topological polar surface area (TPSA) is 49.3 Å². The summed E-state index contributed by atoms with van der Waals surface area (Å²) in [4.78, 5) is 11.6. The number of aliphatic hydroxyl groups is 1. The van der Waals surface area contributed by atoms with Gasteiger partial charge in [-0.2, -0.15) is 0 Å². The minimum Gasteiger partial charge on any atom is -0.393 e. The number of carbonyl (C=O) groups is 1. The molecule has 0 aromatic heterocycles. The predicted octanol–water partition coefficient (Wildman–Crippen LogP) is 2.07. The maximum absolute atomic E-state index is 11.6. The van der Waals surface area contributed by atoms with E-state index in [-0.39, 0.29) is 12.0 Å². The Morgan fingerprint density at radius 1 is 1.22 bits per heavy atom. The van der Waals surface area contributed by atoms with Crippen molar-refractivity contribution in [1.82, 2.24) is 5.32 Å². The first-order chi connectivity index (χ1) is 8.65. The summed E-state index contributed by atoms with van der Waals surface area (Å²) >= 11 is 0. The number of nitrogens with one attached hydrogen (secondary N) is 1. The van der Waals surface area contributed by atoms with E-state index in [9.17, 15) is 9.90 Å². The maximum atomic E-state index is 11.6. The zero-order valence-electron chi connectivity index (χ0n) is 11.3. The second-order valence-electron chi connectivity index (χ2n) is 4.55. The van der Waals surface area contributed by atoms with Crippen LogP contribution in [0.15, 0.2) is 24.3 Å². The first kappa shape index (κ1) is 14.7. The van der Waals surface area contributed by atoms with Gasteiger partial charge in [0.25, 0.3) is 0 Å². The number of aliphatic hydroxyl groups excluding tert-OH is 1. The van der Waals surface area contributed by atoms with Crippen LogP contribution in [-0.2, 0) is 17.6 Å². The lowest BCUT2D eigenvalue weighted by Gasteiger charge is -2.09. The summed E-state index contributed by atoms with van der Waals surface area (Å²) in [5.74, 6) is 0.0163. The molecule has 1 rings (SSSR count). The average molecular weight is 249 g/mol. The summed E-state index contributed by atoms with van der Waals surface area (Å²) in [6.45, 7) is 4.59. The normalized spacial score (nSPS) is 12.2. The molecule has 0 aliphatic carbocycles. The highest BCUT2D eigenvalue weighted by molar-refractivity contribution is 5.78. The fourth-order valence-corrected chi connectivity index (χ4v) is 1.72. The van der Waals surface area contributed by atoms with E-state index in [1.807, 2.05) is 19.1 Å². The minimum absolute atomic E-state index is 0.0163. The summed E-state index contributed by atoms with van der Waals surface area (Å²) in [7, 11) is 0. The van der Waals surface area contributed by atoms with Gasteiger partial charge in [0.1, 0.15) is 0 Å². The Hall–Kier alpha value is -1.35. The molecule has 0 aliphatic rings. The molecule has 3 heteroatoms. The molecule has 3 nitrogen and oxygen atoms in total. The van der Waals surface area contributed by atoms with Gasteiger partial charge in [0.15, 0.2) is 0 Å². The summed E-state index contributed by atoms with van der Waals surface area (Å²) in [5, 5.41) is 12.2. The zero-order chi connectivity index (χ0) is 13.4. The molecule has 0 saturated heterocycles. The van der Waals surface area contributed by atoms with Crippen molar-refractivity contribution in [3.05, 3.63) is 35.4 Å². The molecule has 0 fully saturated rings. The molecule has 1 unspecified atom stereocenters. The van der Waals surface area contributed by atoms with Crippen molar-refractivity contribution in [3.63, 3.8) is 0 Å². The van der Waals surface area contributed by atoms with Crippen LogP contribution in [0.2, 0.25) is 0 Å². The van der Waals surface area contributed by atoms with Crippen molar-refractivity contribution in [1.29, 1.82) is 0 Å². The first-order valence-corrected chi connectivity index (χ1v) is 6.68. The molecule has 0 bridgehead atoms. The van der Waals surface area contributed by atoms with Gasteiger partial charge < -0.3 is 10.4 Å². The van der Waals surface area contributed by atoms with Crippen LogP contribution >= 0.6 is 0 Å². The Morgan fingerprint density at radius 3 is 2.39 bits per heavy atom. The highest BCUT2D eigenvalue weighted by Crippen LogP contribution is 2.05. The van der Waals surface area contributed by atoms with Gasteiger partial charge in [0, 0.05) is 6.54 Å². The van der Waals surface area contributed by atoms with Gasteiger partial charge in [-0.05, 0) is 30.4 Å². The average Bonchev–Trinajstić information content (AvgIpc) is 2.39. The van der Waals surface area contributed by atoms with Gasteiger partial charge in [-0.15, -0.1) is 0 Å². The Bertz CT molecular complexity index is 359. The van der Waals surface area contributed by atoms with Gasteiger partial charge in [0.05, 0.1) is 12.5 Å². The third kappa shape index (κ3) is 5.32. The second kappa shape index (κ2) is 7.88. The van der Waals surface area contributed by atoms with Crippen LogP contribution in [0, 0.1) is 0 Å². The summed E-state index contributed by atoms with van der Waals surface area (Å²) in [5.41, 5.74) is 2.31. The second-order valence-corrected chi connectivity index (χ2v) is 4.55. The lowest BCUT2D eigenvalue weighted by Crippen LogP contribution is -2.28. The van der Waals surface area contributed by atoms with E-state index in [1.165, 1.54) is 5.56 Å². The fourth-order valence-electron chi connectivity index (χ4n) is 1.72. The Morgan fingerprint density at radius 2 is 1.83 bits per heavy atom. The van der Waals surface area contributed by atoms with Crippen LogP contribution in [0.25, 0.3) is 0 Å². The van der Waals surface area contributed by atoms with E-state index < -0.39 is 0 Å². The summed E-state index contributed by atoms with van der Waals surface area (Å²) in [6.07, 6.45) is 2.47. The van der Waals surface area contributed by atoms with Crippen molar-refractivity contribution >= 4 is 5.91 Å². The molecule has 0 spiro atoms. The van der Waals surface area contributed by atoms with Crippen LogP contribution < -0.4 is 5.32 Å². The molecule has 0 aliphatic heterocycles. The minimum atomic E-state index is -0.311. The maximum Gasteiger partial charge on any atom is 0.224 e. The van der Waals surface area contributed by atoms with Gasteiger partial charge in [-0.3, -0.25) is 4.79 Å². The van der Waals surface area contributed by atoms with Gasteiger partial charge in [0.2, 0.25) is 5.91 Å². The van der Waals surface area contributed by atoms with E-state index in [2.05, 4.69) is 24.4 Å². The van der Waals surface area contributed by atoms with Crippen molar-refractivity contribution in [3.8, 4) is 0 Å². The Labute approximate surface area is 109 Å². The Balaban J connectivity index is 2.30. The van der Waals surface area contributed by atoms with Crippen molar-refractivity contribution < 1.29 is 9.90 Å². The van der Waals surface area contributed by atoms with Gasteiger partial charge in [-0.1, -0.05) is 38.1 Å². The van der Waals surface area contributed by atoms with E-state index in [0.29, 0.717) is 19.4 Å². The lowest BCUT2D eigenvalue weighted by molar-refractivity contribution is -0.120. The van der Waals surface area contributed by atoms with Crippen molar-refractivity contribution in [2.75, 3.05) is 6.54 Å². The molecule has 1 aromatic rings. The van der Waals surface area contributed by atoms with Crippen molar-refractivity contribution in [2.45, 2.75) is 45.6 Å². The third-order valence-electron chi connectivity index (χ3n) is 3.07. The van der Waals surface area contributed by atoms with Gasteiger partial charge >= 0.3 is 0 Å². The summed E-state index contributed by atoms with van der Waals surface area (Å²) in [6, 6.07) is 8.12. The predicted molar refractivity (Wildman–Crippen MR) is 73.4 cm³/mol. The quantitative estimate of drug-likeness (QED) is 0.777. The number of aryl methyl sites for hydroxylation is 1. The number of hydrogen-bond acceptors (Lipinski definition) is 2. The van der Waals surface area contributed by atoms with Gasteiger partial charge in [-0.25, -0.2) is 0 Å². The molecule has 100 valence electrons. The smallest absolute Gasteiger partial charge is 0.224 e. The number of benzene rings is 1. The molecule has 2 N–H and O–H groups in total. The molecule has 0 radical (unpaired) electrons. The summed E-state index contributed by atoms with van der Waals surface area (Å²) < 4.78 is 0. The van der Waals surface area contributed by atoms with E-state index in [0.717, 1.165) is 18.4 Å². The molecule has 1 atom stereocenters. The first-order valence-electron chi connectivity index (χ1n) is 6.68. The molecule has 1 amide bonds. The number of rotatable bonds is 7. The number of hydrogen-bond donors (Lipinski definition) is 2.